The fourth-order valence-corrected chi connectivity index (χ4v) is 2.93. The van der Waals surface area contributed by atoms with Crippen molar-refractivity contribution in [1.82, 2.24) is 9.97 Å². The summed E-state index contributed by atoms with van der Waals surface area (Å²) in [5.74, 6) is 0.769. The van der Waals surface area contributed by atoms with Gasteiger partial charge in [0.1, 0.15) is 4.83 Å². The van der Waals surface area contributed by atoms with Gasteiger partial charge in [-0.25, -0.2) is 9.97 Å². The van der Waals surface area contributed by atoms with E-state index in [-0.39, 0.29) is 0 Å². The minimum absolute atomic E-state index is 0.767. The number of anilines is 1. The third-order valence-corrected chi connectivity index (χ3v) is 3.81. The molecule has 1 aromatic carbocycles. The molecule has 2 aromatic heterocycles. The van der Waals surface area contributed by atoms with Crippen LogP contribution in [0.1, 0.15) is 11.3 Å². The highest BCUT2D eigenvalue weighted by atomic mass is 32.1. The van der Waals surface area contributed by atoms with Crippen LogP contribution in [0, 0.1) is 13.8 Å². The molecule has 0 unspecified atom stereocenters. The van der Waals surface area contributed by atoms with Gasteiger partial charge in [-0.15, -0.1) is 11.3 Å². The van der Waals surface area contributed by atoms with Gasteiger partial charge < -0.3 is 5.73 Å². The maximum atomic E-state index is 5.92. The van der Waals surface area contributed by atoms with Gasteiger partial charge in [0.15, 0.2) is 5.82 Å². The highest BCUT2D eigenvalue weighted by molar-refractivity contribution is 7.17. The van der Waals surface area contributed by atoms with Crippen LogP contribution in [-0.2, 0) is 0 Å². The lowest BCUT2D eigenvalue weighted by Crippen LogP contribution is -1.94. The van der Waals surface area contributed by atoms with Gasteiger partial charge in [0.05, 0.1) is 16.8 Å². The maximum absolute atomic E-state index is 5.92. The molecule has 0 atom stereocenters. The fourth-order valence-electron chi connectivity index (χ4n) is 2.06. The first-order valence-corrected chi connectivity index (χ1v) is 6.61. The average Bonchev–Trinajstić information content (AvgIpc) is 2.71. The van der Waals surface area contributed by atoms with Crippen LogP contribution < -0.4 is 5.73 Å². The summed E-state index contributed by atoms with van der Waals surface area (Å²) in [6.45, 7) is 4.05. The Morgan fingerprint density at radius 3 is 2.78 bits per heavy atom. The molecule has 0 aliphatic carbocycles. The summed E-state index contributed by atoms with van der Waals surface area (Å²) < 4.78 is 0. The van der Waals surface area contributed by atoms with Crippen molar-refractivity contribution in [3.8, 4) is 11.4 Å². The first-order chi connectivity index (χ1) is 8.65. The zero-order chi connectivity index (χ0) is 12.7. The quantitative estimate of drug-likeness (QED) is 0.723. The summed E-state index contributed by atoms with van der Waals surface area (Å²) in [7, 11) is 0. The molecule has 3 rings (SSSR count). The zero-order valence-electron chi connectivity index (χ0n) is 10.3. The Morgan fingerprint density at radius 2 is 2.00 bits per heavy atom. The van der Waals surface area contributed by atoms with Crippen LogP contribution in [0.5, 0.6) is 0 Å². The molecule has 0 saturated carbocycles. The highest BCUT2D eigenvalue weighted by Crippen LogP contribution is 2.30. The standard InChI is InChI=1S/C14H13N3S/c1-8-4-3-5-10(6-8)13-16-9(2)12-11(15)7-18-14(12)17-13/h3-7H,15H2,1-2H3. The number of hydrogen-bond donors (Lipinski definition) is 1. The molecule has 2 heterocycles. The van der Waals surface area contributed by atoms with Crippen LogP contribution >= 0.6 is 11.3 Å². The lowest BCUT2D eigenvalue weighted by atomic mass is 10.1. The number of benzene rings is 1. The molecule has 2 N–H and O–H groups in total. The van der Waals surface area contributed by atoms with E-state index in [4.69, 9.17) is 5.73 Å². The average molecular weight is 255 g/mol. The van der Waals surface area contributed by atoms with Crippen LogP contribution in [-0.4, -0.2) is 9.97 Å². The molecule has 0 aliphatic heterocycles. The topological polar surface area (TPSA) is 51.8 Å². The van der Waals surface area contributed by atoms with Crippen molar-refractivity contribution in [2.75, 3.05) is 5.73 Å². The lowest BCUT2D eigenvalue weighted by Gasteiger charge is -2.04. The molecule has 0 fully saturated rings. The van der Waals surface area contributed by atoms with E-state index in [1.807, 2.05) is 24.4 Å². The molecule has 0 amide bonds. The van der Waals surface area contributed by atoms with Crippen LogP contribution in [0.15, 0.2) is 29.6 Å². The molecule has 0 radical (unpaired) electrons. The Hall–Kier alpha value is -1.94. The largest absolute Gasteiger partial charge is 0.397 e. The Balaban J connectivity index is 2.25. The fraction of sp³-hybridized carbons (Fsp3) is 0.143. The number of hydrogen-bond acceptors (Lipinski definition) is 4. The third-order valence-electron chi connectivity index (χ3n) is 2.92. The SMILES string of the molecule is Cc1cccc(-c2nc(C)c3c(N)csc3n2)c1. The second kappa shape index (κ2) is 4.07. The summed E-state index contributed by atoms with van der Waals surface area (Å²) in [6, 6.07) is 8.22. The van der Waals surface area contributed by atoms with Crippen molar-refractivity contribution >= 4 is 27.2 Å². The van der Waals surface area contributed by atoms with E-state index in [2.05, 4.69) is 29.0 Å². The van der Waals surface area contributed by atoms with E-state index in [0.717, 1.165) is 33.0 Å². The summed E-state index contributed by atoms with van der Waals surface area (Å²) in [5.41, 5.74) is 9.88. The number of nitrogens with zero attached hydrogens (tertiary/aromatic N) is 2. The van der Waals surface area contributed by atoms with Crippen molar-refractivity contribution in [2.45, 2.75) is 13.8 Å². The maximum Gasteiger partial charge on any atom is 0.161 e. The number of fused-ring (bicyclic) bond motifs is 1. The van der Waals surface area contributed by atoms with Crippen LogP contribution in [0.25, 0.3) is 21.6 Å². The number of aromatic nitrogens is 2. The monoisotopic (exact) mass is 255 g/mol. The minimum atomic E-state index is 0.767. The van der Waals surface area contributed by atoms with E-state index in [1.165, 1.54) is 5.56 Å². The molecule has 18 heavy (non-hydrogen) atoms. The van der Waals surface area contributed by atoms with Gasteiger partial charge in [0, 0.05) is 10.9 Å². The van der Waals surface area contributed by atoms with Crippen molar-refractivity contribution in [2.24, 2.45) is 0 Å². The van der Waals surface area contributed by atoms with E-state index in [0.29, 0.717) is 0 Å². The molecular formula is C14H13N3S. The van der Waals surface area contributed by atoms with Crippen LogP contribution in [0.3, 0.4) is 0 Å². The predicted octanol–water partition coefficient (Wildman–Crippen LogP) is 3.56. The van der Waals surface area contributed by atoms with Crippen molar-refractivity contribution in [1.29, 1.82) is 0 Å². The smallest absolute Gasteiger partial charge is 0.161 e. The van der Waals surface area contributed by atoms with E-state index >= 15 is 0 Å². The van der Waals surface area contributed by atoms with Crippen molar-refractivity contribution in [3.63, 3.8) is 0 Å². The van der Waals surface area contributed by atoms with Gasteiger partial charge in [-0.2, -0.15) is 0 Å². The Morgan fingerprint density at radius 1 is 1.17 bits per heavy atom. The van der Waals surface area contributed by atoms with Crippen molar-refractivity contribution in [3.05, 3.63) is 40.9 Å². The van der Waals surface area contributed by atoms with Gasteiger partial charge in [0.2, 0.25) is 0 Å². The molecule has 3 nitrogen and oxygen atoms in total. The summed E-state index contributed by atoms with van der Waals surface area (Å²) >= 11 is 1.57. The third kappa shape index (κ3) is 1.75. The van der Waals surface area contributed by atoms with Gasteiger partial charge in [0.25, 0.3) is 0 Å². The van der Waals surface area contributed by atoms with Gasteiger partial charge >= 0.3 is 0 Å². The minimum Gasteiger partial charge on any atom is -0.397 e. The molecule has 90 valence electrons. The van der Waals surface area contributed by atoms with Gasteiger partial charge in [-0.1, -0.05) is 23.8 Å². The molecule has 0 bridgehead atoms. The van der Waals surface area contributed by atoms with E-state index < -0.39 is 0 Å². The second-order valence-electron chi connectivity index (χ2n) is 4.37. The molecule has 4 heteroatoms. The van der Waals surface area contributed by atoms with Gasteiger partial charge in [-0.05, 0) is 19.9 Å². The van der Waals surface area contributed by atoms with Crippen LogP contribution in [0.2, 0.25) is 0 Å². The highest BCUT2D eigenvalue weighted by Gasteiger charge is 2.10. The first kappa shape index (κ1) is 11.2. The predicted molar refractivity (Wildman–Crippen MR) is 76.7 cm³/mol. The normalized spacial score (nSPS) is 11.0. The summed E-state index contributed by atoms with van der Waals surface area (Å²) in [6.07, 6.45) is 0. The molecule has 0 saturated heterocycles. The number of rotatable bonds is 1. The number of thiophene rings is 1. The summed E-state index contributed by atoms with van der Waals surface area (Å²) in [4.78, 5) is 10.1. The number of nitrogens with two attached hydrogens (primary N) is 1. The number of aryl methyl sites for hydroxylation is 2. The molecule has 0 aliphatic rings. The van der Waals surface area contributed by atoms with Crippen LogP contribution in [0.4, 0.5) is 5.69 Å². The zero-order valence-corrected chi connectivity index (χ0v) is 11.1. The Bertz CT molecular complexity index is 731. The van der Waals surface area contributed by atoms with E-state index in [9.17, 15) is 0 Å². The van der Waals surface area contributed by atoms with Crippen molar-refractivity contribution < 1.29 is 0 Å². The first-order valence-electron chi connectivity index (χ1n) is 5.73. The lowest BCUT2D eigenvalue weighted by molar-refractivity contribution is 1.17. The molecule has 3 aromatic rings. The number of nitrogen functional groups attached to an aromatic ring is 1. The second-order valence-corrected chi connectivity index (χ2v) is 5.23. The Kier molecular flexibility index (Phi) is 2.52. The molecule has 0 spiro atoms. The summed E-state index contributed by atoms with van der Waals surface area (Å²) in [5, 5.41) is 2.91. The molecular weight excluding hydrogens is 242 g/mol. The van der Waals surface area contributed by atoms with E-state index in [1.54, 1.807) is 11.3 Å². The van der Waals surface area contributed by atoms with Gasteiger partial charge in [-0.3, -0.25) is 0 Å². The Labute approximate surface area is 109 Å².